The minimum absolute atomic E-state index is 0.159. The van der Waals surface area contributed by atoms with Gasteiger partial charge in [0.15, 0.2) is 0 Å². The molecule has 1 aromatic carbocycles. The molecular weight excluding hydrogens is 250 g/mol. The third-order valence-corrected chi connectivity index (χ3v) is 3.39. The van der Waals surface area contributed by atoms with Crippen LogP contribution in [0.2, 0.25) is 0 Å². The Kier molecular flexibility index (Phi) is 5.19. The first-order valence-corrected chi connectivity index (χ1v) is 6.98. The van der Waals surface area contributed by atoms with Crippen molar-refractivity contribution in [3.8, 4) is 6.07 Å². The number of hydrogen-bond donors (Lipinski definition) is 1. The van der Waals surface area contributed by atoms with E-state index in [0.29, 0.717) is 6.54 Å². The van der Waals surface area contributed by atoms with E-state index in [1.807, 2.05) is 36.4 Å². The van der Waals surface area contributed by atoms with Crippen molar-refractivity contribution in [2.45, 2.75) is 25.8 Å². The van der Waals surface area contributed by atoms with Gasteiger partial charge >= 0.3 is 0 Å². The van der Waals surface area contributed by atoms with E-state index in [0.717, 1.165) is 31.5 Å². The molecule has 0 radical (unpaired) electrons. The van der Waals surface area contributed by atoms with Crippen molar-refractivity contribution in [3.63, 3.8) is 0 Å². The average Bonchev–Trinajstić information content (AvgIpc) is 2.53. The largest absolute Gasteiger partial charge is 0.386 e. The van der Waals surface area contributed by atoms with Gasteiger partial charge in [-0.25, -0.2) is 0 Å². The summed E-state index contributed by atoms with van der Waals surface area (Å²) in [5.41, 5.74) is 1.30. The zero-order chi connectivity index (χ0) is 14.2. The van der Waals surface area contributed by atoms with Crippen LogP contribution in [0.4, 0.5) is 0 Å². The number of nitrogens with one attached hydrogen (secondary N) is 1. The van der Waals surface area contributed by atoms with Crippen LogP contribution in [-0.2, 0) is 11.3 Å². The first kappa shape index (κ1) is 14.1. The summed E-state index contributed by atoms with van der Waals surface area (Å²) in [5.74, 6) is -0.159. The lowest BCUT2D eigenvalue weighted by Gasteiger charge is -2.26. The minimum atomic E-state index is -0.159. The lowest BCUT2D eigenvalue weighted by atomic mass is 10.1. The van der Waals surface area contributed by atoms with Crippen molar-refractivity contribution in [1.29, 1.82) is 5.26 Å². The molecule has 1 heterocycles. The van der Waals surface area contributed by atoms with E-state index in [2.05, 4.69) is 5.32 Å². The molecule has 2 rings (SSSR count). The van der Waals surface area contributed by atoms with Gasteiger partial charge in [0.05, 0.1) is 0 Å². The van der Waals surface area contributed by atoms with Crippen LogP contribution in [0, 0.1) is 11.3 Å². The number of piperidine rings is 1. The van der Waals surface area contributed by atoms with Gasteiger partial charge in [-0.2, -0.15) is 5.26 Å². The average molecular weight is 269 g/mol. The van der Waals surface area contributed by atoms with Crippen molar-refractivity contribution >= 4 is 5.91 Å². The quantitative estimate of drug-likeness (QED) is 0.673. The topological polar surface area (TPSA) is 56.1 Å². The van der Waals surface area contributed by atoms with Crippen LogP contribution in [0.1, 0.15) is 24.8 Å². The lowest BCUT2D eigenvalue weighted by Crippen LogP contribution is -2.36. The Morgan fingerprint density at radius 2 is 1.95 bits per heavy atom. The fourth-order valence-corrected chi connectivity index (χ4v) is 2.28. The summed E-state index contributed by atoms with van der Waals surface area (Å²) in [4.78, 5) is 13.9. The van der Waals surface area contributed by atoms with Gasteiger partial charge in [-0.05, 0) is 24.8 Å². The standard InChI is InChI=1S/C16H19N3O/c17-11-15(16(20)19-9-5-2-6-10-19)13-18-12-14-7-3-1-4-8-14/h1,3-4,7-8,13,18H,2,5-6,9-10,12H2/b15-13-. The summed E-state index contributed by atoms with van der Waals surface area (Å²) in [6.45, 7) is 2.13. The predicted molar refractivity (Wildman–Crippen MR) is 77.4 cm³/mol. The van der Waals surface area contributed by atoms with Gasteiger partial charge < -0.3 is 10.2 Å². The van der Waals surface area contributed by atoms with Crippen molar-refractivity contribution in [3.05, 3.63) is 47.7 Å². The molecule has 0 bridgehead atoms. The van der Waals surface area contributed by atoms with E-state index in [1.165, 1.54) is 12.6 Å². The molecule has 4 heteroatoms. The maximum absolute atomic E-state index is 12.2. The fourth-order valence-electron chi connectivity index (χ4n) is 2.28. The molecule has 1 aliphatic rings. The summed E-state index contributed by atoms with van der Waals surface area (Å²) < 4.78 is 0. The van der Waals surface area contributed by atoms with Gasteiger partial charge in [-0.15, -0.1) is 0 Å². The van der Waals surface area contributed by atoms with Crippen LogP contribution < -0.4 is 5.32 Å². The normalized spacial score (nSPS) is 15.6. The SMILES string of the molecule is N#C/C(=C/NCc1ccccc1)C(=O)N1CCCCC1. The van der Waals surface area contributed by atoms with Gasteiger partial charge in [-0.1, -0.05) is 30.3 Å². The number of rotatable bonds is 4. The third-order valence-electron chi connectivity index (χ3n) is 3.39. The fraction of sp³-hybridized carbons (Fsp3) is 0.375. The molecule has 0 aliphatic carbocycles. The number of nitrogens with zero attached hydrogens (tertiary/aromatic N) is 2. The number of nitriles is 1. The van der Waals surface area contributed by atoms with Crippen molar-refractivity contribution in [2.24, 2.45) is 0 Å². The van der Waals surface area contributed by atoms with Crippen LogP contribution in [0.5, 0.6) is 0 Å². The van der Waals surface area contributed by atoms with Gasteiger partial charge in [0, 0.05) is 25.8 Å². The minimum Gasteiger partial charge on any atom is -0.386 e. The molecule has 1 saturated heterocycles. The lowest BCUT2D eigenvalue weighted by molar-refractivity contribution is -0.127. The van der Waals surface area contributed by atoms with Gasteiger partial charge in [0.25, 0.3) is 5.91 Å². The molecule has 0 spiro atoms. The molecule has 0 aromatic heterocycles. The van der Waals surface area contributed by atoms with E-state index in [9.17, 15) is 4.79 Å². The molecule has 1 amide bonds. The second-order valence-corrected chi connectivity index (χ2v) is 4.89. The second kappa shape index (κ2) is 7.34. The number of likely N-dealkylation sites (tertiary alicyclic amines) is 1. The van der Waals surface area contributed by atoms with Gasteiger partial charge in [0.1, 0.15) is 11.6 Å². The van der Waals surface area contributed by atoms with E-state index >= 15 is 0 Å². The summed E-state index contributed by atoms with van der Waals surface area (Å²) in [7, 11) is 0. The van der Waals surface area contributed by atoms with Crippen LogP contribution >= 0.6 is 0 Å². The van der Waals surface area contributed by atoms with Gasteiger partial charge in [0.2, 0.25) is 0 Å². The van der Waals surface area contributed by atoms with Crippen molar-refractivity contribution in [1.82, 2.24) is 10.2 Å². The highest BCUT2D eigenvalue weighted by Crippen LogP contribution is 2.11. The van der Waals surface area contributed by atoms with Crippen LogP contribution in [0.25, 0.3) is 0 Å². The Bertz CT molecular complexity index is 510. The van der Waals surface area contributed by atoms with Crippen LogP contribution in [-0.4, -0.2) is 23.9 Å². The Morgan fingerprint density at radius 1 is 1.25 bits per heavy atom. The summed E-state index contributed by atoms with van der Waals surface area (Å²) in [5, 5.41) is 12.2. The zero-order valence-electron chi connectivity index (χ0n) is 11.5. The van der Waals surface area contributed by atoms with E-state index in [4.69, 9.17) is 5.26 Å². The van der Waals surface area contributed by atoms with E-state index in [-0.39, 0.29) is 11.5 Å². The smallest absolute Gasteiger partial charge is 0.265 e. The van der Waals surface area contributed by atoms with E-state index < -0.39 is 0 Å². The van der Waals surface area contributed by atoms with Gasteiger partial charge in [-0.3, -0.25) is 4.79 Å². The molecule has 0 saturated carbocycles. The van der Waals surface area contributed by atoms with Crippen LogP contribution in [0.3, 0.4) is 0 Å². The maximum Gasteiger partial charge on any atom is 0.265 e. The Morgan fingerprint density at radius 3 is 2.60 bits per heavy atom. The molecular formula is C16H19N3O. The molecule has 104 valence electrons. The molecule has 0 unspecified atom stereocenters. The second-order valence-electron chi connectivity index (χ2n) is 4.89. The monoisotopic (exact) mass is 269 g/mol. The highest BCUT2D eigenvalue weighted by molar-refractivity contribution is 5.97. The molecule has 1 N–H and O–H groups in total. The maximum atomic E-state index is 12.2. The van der Waals surface area contributed by atoms with Crippen LogP contribution in [0.15, 0.2) is 42.1 Å². The molecule has 4 nitrogen and oxygen atoms in total. The van der Waals surface area contributed by atoms with Crippen molar-refractivity contribution < 1.29 is 4.79 Å². The first-order valence-electron chi connectivity index (χ1n) is 6.98. The first-order chi connectivity index (χ1) is 9.81. The summed E-state index contributed by atoms with van der Waals surface area (Å²) in [6, 6.07) is 11.9. The third kappa shape index (κ3) is 3.86. The molecule has 20 heavy (non-hydrogen) atoms. The molecule has 1 fully saturated rings. The van der Waals surface area contributed by atoms with Crippen molar-refractivity contribution in [2.75, 3.05) is 13.1 Å². The molecule has 0 atom stereocenters. The highest BCUT2D eigenvalue weighted by Gasteiger charge is 2.19. The molecule has 1 aliphatic heterocycles. The number of amides is 1. The number of hydrogen-bond acceptors (Lipinski definition) is 3. The Balaban J connectivity index is 1.92. The van der Waals surface area contributed by atoms with E-state index in [1.54, 1.807) is 4.90 Å². The number of carbonyl (C=O) groups is 1. The molecule has 1 aromatic rings. The highest BCUT2D eigenvalue weighted by atomic mass is 16.2. The number of benzene rings is 1. The summed E-state index contributed by atoms with van der Waals surface area (Å²) >= 11 is 0. The predicted octanol–water partition coefficient (Wildman–Crippen LogP) is 2.20. The number of carbonyl (C=O) groups excluding carboxylic acids is 1. The zero-order valence-corrected chi connectivity index (χ0v) is 11.5. The Hall–Kier alpha value is -2.28. The Labute approximate surface area is 119 Å². The summed E-state index contributed by atoms with van der Waals surface area (Å²) in [6.07, 6.45) is 4.76.